The molecule has 0 radical (unpaired) electrons. The van der Waals surface area contributed by atoms with E-state index in [1.807, 2.05) is 30.3 Å². The van der Waals surface area contributed by atoms with Gasteiger partial charge in [0.25, 0.3) is 0 Å². The highest BCUT2D eigenvalue weighted by molar-refractivity contribution is 5.70. The quantitative estimate of drug-likeness (QED) is 0.518. The van der Waals surface area contributed by atoms with Crippen LogP contribution in [0.5, 0.6) is 5.75 Å². The van der Waals surface area contributed by atoms with Crippen LogP contribution in [0.15, 0.2) is 72.8 Å². The minimum atomic E-state index is -0.696. The minimum absolute atomic E-state index is 0.0268. The fourth-order valence-corrected chi connectivity index (χ4v) is 4.71. The third kappa shape index (κ3) is 5.38. The molecule has 2 unspecified atom stereocenters. The van der Waals surface area contributed by atoms with Gasteiger partial charge in [0.2, 0.25) is 0 Å². The van der Waals surface area contributed by atoms with Crippen molar-refractivity contribution in [2.45, 2.75) is 39.3 Å². The first kappa shape index (κ1) is 22.1. The summed E-state index contributed by atoms with van der Waals surface area (Å²) in [6, 6.07) is 25.1. The second kappa shape index (κ2) is 10.0. The summed E-state index contributed by atoms with van der Waals surface area (Å²) < 4.78 is 5.97. The number of hydrogen-bond acceptors (Lipinski definition) is 3. The zero-order valence-corrected chi connectivity index (χ0v) is 18.8. The lowest BCUT2D eigenvalue weighted by Gasteiger charge is -2.38. The van der Waals surface area contributed by atoms with E-state index in [2.05, 4.69) is 61.2 Å². The molecule has 4 nitrogen and oxygen atoms in total. The van der Waals surface area contributed by atoms with Gasteiger partial charge in [-0.25, -0.2) is 0 Å². The molecule has 1 N–H and O–H groups in total. The monoisotopic (exact) mass is 429 g/mol. The Morgan fingerprint density at radius 2 is 1.69 bits per heavy atom. The normalized spacial score (nSPS) is 17.6. The lowest BCUT2D eigenvalue weighted by atomic mass is 9.90. The van der Waals surface area contributed by atoms with Crippen LogP contribution in [0.4, 0.5) is 0 Å². The Morgan fingerprint density at radius 3 is 2.34 bits per heavy atom. The number of nitrogens with zero attached hydrogens (tertiary/aromatic N) is 1. The number of benzene rings is 3. The zero-order valence-electron chi connectivity index (χ0n) is 18.8. The van der Waals surface area contributed by atoms with Crippen LogP contribution in [0.25, 0.3) is 0 Å². The summed E-state index contributed by atoms with van der Waals surface area (Å²) >= 11 is 0. The number of ether oxygens (including phenoxy) is 1. The highest BCUT2D eigenvalue weighted by Gasteiger charge is 2.31. The van der Waals surface area contributed by atoms with Crippen molar-refractivity contribution in [1.29, 1.82) is 0 Å². The summed E-state index contributed by atoms with van der Waals surface area (Å²) in [5.74, 6) is -0.178. The molecule has 1 fully saturated rings. The molecule has 3 aromatic rings. The molecule has 1 saturated heterocycles. The van der Waals surface area contributed by atoms with Crippen molar-refractivity contribution in [3.8, 4) is 5.75 Å². The summed E-state index contributed by atoms with van der Waals surface area (Å²) in [6.45, 7) is 6.23. The van der Waals surface area contributed by atoms with Crippen molar-refractivity contribution in [3.63, 3.8) is 0 Å². The van der Waals surface area contributed by atoms with E-state index in [1.54, 1.807) is 0 Å². The van der Waals surface area contributed by atoms with Gasteiger partial charge in [0.15, 0.2) is 0 Å². The fourth-order valence-electron chi connectivity index (χ4n) is 4.71. The number of carbonyl (C=O) groups is 1. The Morgan fingerprint density at radius 1 is 1.00 bits per heavy atom. The minimum Gasteiger partial charge on any atom is -0.489 e. The van der Waals surface area contributed by atoms with Crippen LogP contribution in [0.1, 0.15) is 46.7 Å². The van der Waals surface area contributed by atoms with Gasteiger partial charge in [-0.05, 0) is 62.1 Å². The van der Waals surface area contributed by atoms with Gasteiger partial charge in [-0.15, -0.1) is 0 Å². The number of carboxylic acids is 1. The zero-order chi connectivity index (χ0) is 22.5. The number of hydrogen-bond donors (Lipinski definition) is 1. The maximum absolute atomic E-state index is 11.7. The highest BCUT2D eigenvalue weighted by atomic mass is 16.5. The van der Waals surface area contributed by atoms with Gasteiger partial charge < -0.3 is 9.84 Å². The molecule has 0 amide bonds. The second-order valence-electron chi connectivity index (χ2n) is 8.84. The van der Waals surface area contributed by atoms with Crippen LogP contribution in [-0.4, -0.2) is 29.1 Å². The van der Waals surface area contributed by atoms with Crippen LogP contribution in [0, 0.1) is 19.8 Å². The first-order chi connectivity index (χ1) is 15.5. The molecular formula is C28H31NO3. The summed E-state index contributed by atoms with van der Waals surface area (Å²) in [5, 5.41) is 9.61. The first-order valence-corrected chi connectivity index (χ1v) is 11.3. The van der Waals surface area contributed by atoms with E-state index in [4.69, 9.17) is 4.74 Å². The topological polar surface area (TPSA) is 49.8 Å². The maximum Gasteiger partial charge on any atom is 0.307 e. The standard InChI is InChI=1S/C28H31NO3/c1-20-15-21(2)17-25(16-20)27(29-14-6-9-24(18-29)28(30)31)23-10-12-26(13-11-23)32-19-22-7-4-3-5-8-22/h3-5,7-8,10-13,15-17,24,27H,6,9,14,18-19H2,1-2H3,(H,30,31). The molecule has 0 saturated carbocycles. The van der Waals surface area contributed by atoms with E-state index in [0.29, 0.717) is 13.2 Å². The summed E-state index contributed by atoms with van der Waals surface area (Å²) in [5.41, 5.74) is 5.96. The molecule has 32 heavy (non-hydrogen) atoms. The second-order valence-corrected chi connectivity index (χ2v) is 8.84. The van der Waals surface area contributed by atoms with E-state index >= 15 is 0 Å². The van der Waals surface area contributed by atoms with Crippen molar-refractivity contribution >= 4 is 5.97 Å². The van der Waals surface area contributed by atoms with Crippen LogP contribution in [-0.2, 0) is 11.4 Å². The summed E-state index contributed by atoms with van der Waals surface area (Å²) in [6.07, 6.45) is 1.65. The van der Waals surface area contributed by atoms with Crippen molar-refractivity contribution in [2.24, 2.45) is 5.92 Å². The van der Waals surface area contributed by atoms with Crippen LogP contribution < -0.4 is 4.74 Å². The lowest BCUT2D eigenvalue weighted by molar-refractivity contribution is -0.143. The molecule has 4 rings (SSSR count). The highest BCUT2D eigenvalue weighted by Crippen LogP contribution is 2.34. The largest absolute Gasteiger partial charge is 0.489 e. The number of likely N-dealkylation sites (tertiary alicyclic amines) is 1. The number of rotatable bonds is 7. The Hall–Kier alpha value is -3.11. The van der Waals surface area contributed by atoms with Crippen molar-refractivity contribution in [2.75, 3.05) is 13.1 Å². The van der Waals surface area contributed by atoms with Crippen molar-refractivity contribution < 1.29 is 14.6 Å². The molecule has 166 valence electrons. The summed E-state index contributed by atoms with van der Waals surface area (Å²) in [4.78, 5) is 14.0. The van der Waals surface area contributed by atoms with Gasteiger partial charge >= 0.3 is 5.97 Å². The smallest absolute Gasteiger partial charge is 0.307 e. The van der Waals surface area contributed by atoms with E-state index < -0.39 is 5.97 Å². The number of aryl methyl sites for hydroxylation is 2. The van der Waals surface area contributed by atoms with Gasteiger partial charge in [-0.2, -0.15) is 0 Å². The van der Waals surface area contributed by atoms with Crippen molar-refractivity contribution in [1.82, 2.24) is 4.90 Å². The number of aliphatic carboxylic acids is 1. The average Bonchev–Trinajstić information content (AvgIpc) is 2.79. The van der Waals surface area contributed by atoms with Gasteiger partial charge in [0, 0.05) is 6.54 Å². The molecule has 0 aliphatic carbocycles. The van der Waals surface area contributed by atoms with E-state index in [0.717, 1.165) is 36.3 Å². The lowest BCUT2D eigenvalue weighted by Crippen LogP contribution is -2.41. The SMILES string of the molecule is Cc1cc(C)cc(C(c2ccc(OCc3ccccc3)cc2)N2CCCC(C(=O)O)C2)c1. The predicted octanol–water partition coefficient (Wildman–Crippen LogP) is 5.77. The summed E-state index contributed by atoms with van der Waals surface area (Å²) in [7, 11) is 0. The van der Waals surface area contributed by atoms with E-state index in [-0.39, 0.29) is 12.0 Å². The molecule has 0 bridgehead atoms. The van der Waals surface area contributed by atoms with E-state index in [1.165, 1.54) is 16.7 Å². The molecule has 4 heteroatoms. The Balaban J connectivity index is 1.60. The molecule has 0 aromatic heterocycles. The fraction of sp³-hybridized carbons (Fsp3) is 0.321. The number of carboxylic acid groups (broad SMARTS) is 1. The molecule has 1 aliphatic heterocycles. The van der Waals surface area contributed by atoms with Gasteiger partial charge in [-0.1, -0.05) is 71.8 Å². The Bertz CT molecular complexity index is 1030. The molecular weight excluding hydrogens is 398 g/mol. The average molecular weight is 430 g/mol. The van der Waals surface area contributed by atoms with Gasteiger partial charge in [-0.3, -0.25) is 9.69 Å². The predicted molar refractivity (Wildman–Crippen MR) is 127 cm³/mol. The van der Waals surface area contributed by atoms with Crippen LogP contribution >= 0.6 is 0 Å². The molecule has 0 spiro atoms. The van der Waals surface area contributed by atoms with Gasteiger partial charge in [0.1, 0.15) is 12.4 Å². The van der Waals surface area contributed by atoms with Crippen LogP contribution in [0.3, 0.4) is 0 Å². The maximum atomic E-state index is 11.7. The Labute approximate surface area is 190 Å². The third-order valence-electron chi connectivity index (χ3n) is 6.17. The molecule has 2 atom stereocenters. The molecule has 1 heterocycles. The van der Waals surface area contributed by atoms with Gasteiger partial charge in [0.05, 0.1) is 12.0 Å². The van der Waals surface area contributed by atoms with Crippen LogP contribution in [0.2, 0.25) is 0 Å². The molecule has 1 aliphatic rings. The first-order valence-electron chi connectivity index (χ1n) is 11.3. The third-order valence-corrected chi connectivity index (χ3v) is 6.17. The molecule has 3 aromatic carbocycles. The number of piperidine rings is 1. The Kier molecular flexibility index (Phi) is 6.91. The van der Waals surface area contributed by atoms with E-state index in [9.17, 15) is 9.90 Å². The van der Waals surface area contributed by atoms with Crippen molar-refractivity contribution in [3.05, 3.63) is 101 Å².